The number of nitrogens with one attached hydrogen (secondary N) is 1. The summed E-state index contributed by atoms with van der Waals surface area (Å²) < 4.78 is 24.9. The highest BCUT2D eigenvalue weighted by Gasteiger charge is 2.27. The van der Waals surface area contributed by atoms with Crippen molar-refractivity contribution in [1.29, 1.82) is 0 Å². The SMILES string of the molecule is Cc1ccc2[nH]c3c(c2c1)CCS(=O)(=O)c1ccccc1-3. The minimum atomic E-state index is -3.21. The molecule has 3 nitrogen and oxygen atoms in total. The quantitative estimate of drug-likeness (QED) is 0.690. The third kappa shape index (κ3) is 1.83. The van der Waals surface area contributed by atoms with Crippen LogP contribution in [0.2, 0.25) is 0 Å². The van der Waals surface area contributed by atoms with E-state index in [1.807, 2.05) is 12.1 Å². The van der Waals surface area contributed by atoms with E-state index < -0.39 is 9.84 Å². The fraction of sp³-hybridized carbons (Fsp3) is 0.176. The van der Waals surface area contributed by atoms with Crippen LogP contribution in [0.5, 0.6) is 0 Å². The highest BCUT2D eigenvalue weighted by molar-refractivity contribution is 7.91. The molecule has 0 unspecified atom stereocenters. The van der Waals surface area contributed by atoms with E-state index in [1.165, 1.54) is 5.56 Å². The average Bonchev–Trinajstić information content (AvgIpc) is 2.78. The van der Waals surface area contributed by atoms with Crippen LogP contribution in [-0.4, -0.2) is 19.2 Å². The van der Waals surface area contributed by atoms with Gasteiger partial charge in [-0.15, -0.1) is 0 Å². The molecule has 0 radical (unpaired) electrons. The Labute approximate surface area is 123 Å². The minimum Gasteiger partial charge on any atom is -0.354 e. The van der Waals surface area contributed by atoms with E-state index in [1.54, 1.807) is 12.1 Å². The number of hydrogen-bond acceptors (Lipinski definition) is 2. The van der Waals surface area contributed by atoms with Crippen molar-refractivity contribution in [3.05, 3.63) is 53.6 Å². The molecule has 0 amide bonds. The fourth-order valence-corrected chi connectivity index (χ4v) is 4.63. The van der Waals surface area contributed by atoms with Gasteiger partial charge in [-0.05, 0) is 37.1 Å². The first-order chi connectivity index (χ1) is 10.1. The van der Waals surface area contributed by atoms with Crippen LogP contribution in [-0.2, 0) is 16.3 Å². The minimum absolute atomic E-state index is 0.165. The van der Waals surface area contributed by atoms with E-state index >= 15 is 0 Å². The Kier molecular flexibility index (Phi) is 2.54. The van der Waals surface area contributed by atoms with Gasteiger partial charge in [-0.25, -0.2) is 8.42 Å². The first-order valence-corrected chi connectivity index (χ1v) is 8.65. The zero-order chi connectivity index (χ0) is 14.6. The molecule has 0 aliphatic carbocycles. The summed E-state index contributed by atoms with van der Waals surface area (Å²) in [6, 6.07) is 13.5. The lowest BCUT2D eigenvalue weighted by Crippen LogP contribution is -2.07. The van der Waals surface area contributed by atoms with Gasteiger partial charge in [0.2, 0.25) is 0 Å². The monoisotopic (exact) mass is 297 g/mol. The molecule has 1 aliphatic heterocycles. The molecule has 21 heavy (non-hydrogen) atoms. The van der Waals surface area contributed by atoms with Crippen LogP contribution in [0.3, 0.4) is 0 Å². The lowest BCUT2D eigenvalue weighted by atomic mass is 10.0. The Morgan fingerprint density at radius 2 is 1.90 bits per heavy atom. The van der Waals surface area contributed by atoms with Crippen molar-refractivity contribution in [2.45, 2.75) is 18.2 Å². The van der Waals surface area contributed by atoms with E-state index in [4.69, 9.17) is 0 Å². The molecule has 0 spiro atoms. The van der Waals surface area contributed by atoms with Gasteiger partial charge in [-0.2, -0.15) is 0 Å². The number of aryl methyl sites for hydroxylation is 2. The summed E-state index contributed by atoms with van der Waals surface area (Å²) in [6.45, 7) is 2.06. The molecule has 0 fully saturated rings. The van der Waals surface area contributed by atoms with Gasteiger partial charge in [-0.3, -0.25) is 0 Å². The molecular weight excluding hydrogens is 282 g/mol. The second-order valence-electron chi connectivity index (χ2n) is 5.59. The van der Waals surface area contributed by atoms with Crippen molar-refractivity contribution in [2.24, 2.45) is 0 Å². The predicted octanol–water partition coefficient (Wildman–Crippen LogP) is 3.47. The smallest absolute Gasteiger partial charge is 0.179 e. The van der Waals surface area contributed by atoms with Crippen molar-refractivity contribution in [3.63, 3.8) is 0 Å². The highest BCUT2D eigenvalue weighted by atomic mass is 32.2. The lowest BCUT2D eigenvalue weighted by Gasteiger charge is -2.05. The third-order valence-electron chi connectivity index (χ3n) is 4.17. The largest absolute Gasteiger partial charge is 0.354 e. The predicted molar refractivity (Wildman–Crippen MR) is 84.2 cm³/mol. The molecule has 0 bridgehead atoms. The molecule has 2 aromatic carbocycles. The summed E-state index contributed by atoms with van der Waals surface area (Å²) in [6.07, 6.45) is 0.551. The zero-order valence-electron chi connectivity index (χ0n) is 11.7. The average molecular weight is 297 g/mol. The summed E-state index contributed by atoms with van der Waals surface area (Å²) >= 11 is 0. The third-order valence-corrected chi connectivity index (χ3v) is 5.94. The van der Waals surface area contributed by atoms with Crippen LogP contribution in [0.25, 0.3) is 22.2 Å². The summed E-state index contributed by atoms with van der Waals surface area (Å²) in [7, 11) is -3.21. The van der Waals surface area contributed by atoms with Crippen LogP contribution in [0.15, 0.2) is 47.4 Å². The summed E-state index contributed by atoms with van der Waals surface area (Å²) in [5.74, 6) is 0.165. The first-order valence-electron chi connectivity index (χ1n) is 7.00. The van der Waals surface area contributed by atoms with Crippen LogP contribution >= 0.6 is 0 Å². The zero-order valence-corrected chi connectivity index (χ0v) is 12.5. The number of hydrogen-bond donors (Lipinski definition) is 1. The molecular formula is C17H15NO2S. The van der Waals surface area contributed by atoms with Crippen molar-refractivity contribution in [3.8, 4) is 11.3 Å². The van der Waals surface area contributed by atoms with Crippen LogP contribution in [0, 0.1) is 6.92 Å². The molecule has 0 saturated heterocycles. The fourth-order valence-electron chi connectivity index (χ4n) is 3.14. The summed E-state index contributed by atoms with van der Waals surface area (Å²) in [5.41, 5.74) is 5.11. The normalized spacial score (nSPS) is 16.2. The molecule has 4 heteroatoms. The molecule has 0 saturated carbocycles. The lowest BCUT2D eigenvalue weighted by molar-refractivity contribution is 0.596. The Balaban J connectivity index is 2.13. The van der Waals surface area contributed by atoms with Gasteiger partial charge in [0.05, 0.1) is 16.3 Å². The summed E-state index contributed by atoms with van der Waals surface area (Å²) in [5, 5.41) is 1.14. The summed E-state index contributed by atoms with van der Waals surface area (Å²) in [4.78, 5) is 3.85. The molecule has 4 rings (SSSR count). The Bertz CT molecular complexity index is 968. The number of benzene rings is 2. The van der Waals surface area contributed by atoms with E-state index in [2.05, 4.69) is 30.1 Å². The van der Waals surface area contributed by atoms with Crippen molar-refractivity contribution in [1.82, 2.24) is 4.98 Å². The topological polar surface area (TPSA) is 49.9 Å². The van der Waals surface area contributed by atoms with Gasteiger partial charge in [0.25, 0.3) is 0 Å². The number of sulfone groups is 1. The van der Waals surface area contributed by atoms with Gasteiger partial charge in [0, 0.05) is 16.5 Å². The number of aromatic nitrogens is 1. The molecule has 1 aromatic heterocycles. The molecule has 3 aromatic rings. The van der Waals surface area contributed by atoms with Crippen molar-refractivity contribution >= 4 is 20.7 Å². The molecule has 1 N–H and O–H groups in total. The van der Waals surface area contributed by atoms with Crippen LogP contribution in [0.1, 0.15) is 11.1 Å². The first kappa shape index (κ1) is 12.7. The Morgan fingerprint density at radius 1 is 1.10 bits per heavy atom. The van der Waals surface area contributed by atoms with Crippen LogP contribution < -0.4 is 0 Å². The van der Waals surface area contributed by atoms with E-state index in [-0.39, 0.29) is 5.75 Å². The maximum atomic E-state index is 12.4. The maximum absolute atomic E-state index is 12.4. The number of rotatable bonds is 0. The highest BCUT2D eigenvalue weighted by Crippen LogP contribution is 2.37. The van der Waals surface area contributed by atoms with E-state index in [9.17, 15) is 8.42 Å². The molecule has 0 atom stereocenters. The van der Waals surface area contributed by atoms with Crippen LogP contribution in [0.4, 0.5) is 0 Å². The van der Waals surface area contributed by atoms with Gasteiger partial charge < -0.3 is 4.98 Å². The van der Waals surface area contributed by atoms with Gasteiger partial charge in [0.15, 0.2) is 9.84 Å². The van der Waals surface area contributed by atoms with E-state index in [0.29, 0.717) is 11.3 Å². The number of aromatic amines is 1. The second kappa shape index (κ2) is 4.21. The molecule has 1 aliphatic rings. The van der Waals surface area contributed by atoms with Crippen molar-refractivity contribution in [2.75, 3.05) is 5.75 Å². The van der Waals surface area contributed by atoms with E-state index in [0.717, 1.165) is 27.7 Å². The van der Waals surface area contributed by atoms with Crippen molar-refractivity contribution < 1.29 is 8.42 Å². The molecule has 106 valence electrons. The Hall–Kier alpha value is -2.07. The van der Waals surface area contributed by atoms with Gasteiger partial charge >= 0.3 is 0 Å². The van der Waals surface area contributed by atoms with Gasteiger partial charge in [-0.1, -0.05) is 29.8 Å². The molecule has 2 heterocycles. The Morgan fingerprint density at radius 3 is 2.76 bits per heavy atom. The number of H-pyrrole nitrogens is 1. The standard InChI is InChI=1S/C17H15NO2S/c1-11-6-7-15-14(10-11)12-8-9-21(19,20)16-5-3-2-4-13(16)17(12)18-15/h2-7,10,18H,8-9H2,1H3. The maximum Gasteiger partial charge on any atom is 0.179 e. The number of fused-ring (bicyclic) bond motifs is 5. The second-order valence-corrected chi connectivity index (χ2v) is 7.67. The van der Waals surface area contributed by atoms with Gasteiger partial charge in [0.1, 0.15) is 0 Å².